The summed E-state index contributed by atoms with van der Waals surface area (Å²) >= 11 is 1.55. The fourth-order valence-electron chi connectivity index (χ4n) is 3.21. The van der Waals surface area contributed by atoms with Crippen LogP contribution in [0.4, 0.5) is 9.80 Å². The number of urea groups is 1. The van der Waals surface area contributed by atoms with Crippen LogP contribution in [0.15, 0.2) is 35.7 Å². The number of carbonyl (C=O) groups excluding carboxylic acids is 1. The Hall–Kier alpha value is -2.01. The molecule has 0 radical (unpaired) electrons. The molecule has 4 nitrogen and oxygen atoms in total. The summed E-state index contributed by atoms with van der Waals surface area (Å²) in [6, 6.07) is 10.4. The van der Waals surface area contributed by atoms with Crippen molar-refractivity contribution in [2.24, 2.45) is 0 Å². The number of anilines is 1. The van der Waals surface area contributed by atoms with Crippen LogP contribution in [0.25, 0.3) is 0 Å². The lowest BCUT2D eigenvalue weighted by Crippen LogP contribution is -2.32. The number of fused-ring (bicyclic) bond motifs is 1. The number of thiophene rings is 1. The Morgan fingerprint density at radius 3 is 3.18 bits per heavy atom. The molecule has 1 aromatic heterocycles. The van der Waals surface area contributed by atoms with Crippen LogP contribution in [-0.2, 0) is 6.42 Å². The van der Waals surface area contributed by atoms with E-state index in [9.17, 15) is 4.79 Å². The molecule has 4 rings (SSSR count). The first-order valence-electron chi connectivity index (χ1n) is 7.64. The van der Waals surface area contributed by atoms with Gasteiger partial charge in [-0.2, -0.15) is 0 Å². The first kappa shape index (κ1) is 13.6. The zero-order valence-electron chi connectivity index (χ0n) is 12.2. The van der Waals surface area contributed by atoms with Crippen LogP contribution in [0.1, 0.15) is 23.5 Å². The molecule has 2 amide bonds. The molecule has 22 heavy (non-hydrogen) atoms. The Kier molecular flexibility index (Phi) is 3.50. The largest absolute Gasteiger partial charge is 0.493 e. The first-order valence-corrected chi connectivity index (χ1v) is 8.52. The number of likely N-dealkylation sites (tertiary alicyclic amines) is 1. The maximum absolute atomic E-state index is 12.3. The molecule has 1 aromatic carbocycles. The average molecular weight is 314 g/mol. The number of ether oxygens (including phenoxy) is 1. The summed E-state index contributed by atoms with van der Waals surface area (Å²) in [5.41, 5.74) is 2.63. The van der Waals surface area contributed by atoms with Crippen molar-refractivity contribution in [3.63, 3.8) is 0 Å². The zero-order chi connectivity index (χ0) is 14.9. The topological polar surface area (TPSA) is 41.6 Å². The number of rotatable bonds is 2. The van der Waals surface area contributed by atoms with E-state index in [4.69, 9.17) is 4.74 Å². The summed E-state index contributed by atoms with van der Waals surface area (Å²) in [6.07, 6.45) is 2.02. The van der Waals surface area contributed by atoms with E-state index in [0.717, 1.165) is 43.3 Å². The lowest BCUT2D eigenvalue weighted by atomic mass is 9.96. The Balaban J connectivity index is 1.42. The monoisotopic (exact) mass is 314 g/mol. The van der Waals surface area contributed by atoms with Gasteiger partial charge in [-0.25, -0.2) is 4.79 Å². The van der Waals surface area contributed by atoms with Crippen LogP contribution in [0, 0.1) is 0 Å². The SMILES string of the molecule is O=C(Nc1cccs1)N1CC[C@@H](c2ccc3c(c2)CCO3)C1. The van der Waals surface area contributed by atoms with Crippen molar-refractivity contribution in [2.75, 3.05) is 25.0 Å². The predicted molar refractivity (Wildman–Crippen MR) is 87.9 cm³/mol. The van der Waals surface area contributed by atoms with Crippen molar-refractivity contribution < 1.29 is 9.53 Å². The van der Waals surface area contributed by atoms with E-state index < -0.39 is 0 Å². The summed E-state index contributed by atoms with van der Waals surface area (Å²) < 4.78 is 5.56. The molecule has 114 valence electrons. The maximum atomic E-state index is 12.3. The average Bonchev–Trinajstić information content (AvgIpc) is 3.27. The van der Waals surface area contributed by atoms with Gasteiger partial charge in [-0.15, -0.1) is 11.3 Å². The van der Waals surface area contributed by atoms with Gasteiger partial charge >= 0.3 is 6.03 Å². The van der Waals surface area contributed by atoms with Crippen LogP contribution >= 0.6 is 11.3 Å². The van der Waals surface area contributed by atoms with Crippen molar-refractivity contribution in [3.05, 3.63) is 46.8 Å². The summed E-state index contributed by atoms with van der Waals surface area (Å²) in [4.78, 5) is 14.2. The minimum atomic E-state index is 0.00874. The van der Waals surface area contributed by atoms with Gasteiger partial charge in [-0.3, -0.25) is 5.32 Å². The maximum Gasteiger partial charge on any atom is 0.322 e. The summed E-state index contributed by atoms with van der Waals surface area (Å²) in [7, 11) is 0. The quantitative estimate of drug-likeness (QED) is 0.918. The molecule has 0 spiro atoms. The fourth-order valence-corrected chi connectivity index (χ4v) is 3.82. The number of amides is 2. The molecule has 1 saturated heterocycles. The first-order chi connectivity index (χ1) is 10.8. The van der Waals surface area contributed by atoms with E-state index >= 15 is 0 Å². The van der Waals surface area contributed by atoms with Gasteiger partial charge in [0.25, 0.3) is 0 Å². The summed E-state index contributed by atoms with van der Waals surface area (Å²) in [6.45, 7) is 2.39. The number of benzene rings is 1. The normalized spacial score (nSPS) is 19.8. The Morgan fingerprint density at radius 1 is 1.36 bits per heavy atom. The van der Waals surface area contributed by atoms with Crippen molar-refractivity contribution in [1.29, 1.82) is 0 Å². The van der Waals surface area contributed by atoms with Crippen molar-refractivity contribution >= 4 is 22.4 Å². The minimum Gasteiger partial charge on any atom is -0.493 e. The molecular formula is C17H18N2O2S. The van der Waals surface area contributed by atoms with Gasteiger partial charge in [-0.05, 0) is 41.1 Å². The number of hydrogen-bond donors (Lipinski definition) is 1. The smallest absolute Gasteiger partial charge is 0.322 e. The van der Waals surface area contributed by atoms with Gasteiger partial charge in [0.2, 0.25) is 0 Å². The molecule has 2 aliphatic heterocycles. The zero-order valence-corrected chi connectivity index (χ0v) is 13.1. The van der Waals surface area contributed by atoms with E-state index in [1.165, 1.54) is 11.1 Å². The number of carbonyl (C=O) groups is 1. The predicted octanol–water partition coefficient (Wildman–Crippen LogP) is 3.70. The van der Waals surface area contributed by atoms with E-state index in [2.05, 4.69) is 23.5 Å². The highest BCUT2D eigenvalue weighted by Crippen LogP contribution is 2.33. The van der Waals surface area contributed by atoms with Gasteiger partial charge in [0.1, 0.15) is 5.75 Å². The van der Waals surface area contributed by atoms with E-state index in [0.29, 0.717) is 5.92 Å². The van der Waals surface area contributed by atoms with Gasteiger partial charge in [0, 0.05) is 25.4 Å². The molecule has 0 unspecified atom stereocenters. The Labute approximate surface area is 133 Å². The number of hydrogen-bond acceptors (Lipinski definition) is 3. The third-order valence-electron chi connectivity index (χ3n) is 4.41. The fraction of sp³-hybridized carbons (Fsp3) is 0.353. The standard InChI is InChI=1S/C17H18N2O2S/c20-17(18-16-2-1-9-22-16)19-7-5-14(11-19)12-3-4-15-13(10-12)6-8-21-15/h1-4,9-10,14H,5-8,11H2,(H,18,20)/t14-/m1/s1. The third-order valence-corrected chi connectivity index (χ3v) is 5.20. The lowest BCUT2D eigenvalue weighted by molar-refractivity contribution is 0.222. The van der Waals surface area contributed by atoms with E-state index in [1.54, 1.807) is 11.3 Å². The second-order valence-corrected chi connectivity index (χ2v) is 6.75. The number of nitrogens with zero attached hydrogens (tertiary/aromatic N) is 1. The van der Waals surface area contributed by atoms with Gasteiger partial charge in [0.05, 0.1) is 11.6 Å². The van der Waals surface area contributed by atoms with Crippen molar-refractivity contribution in [1.82, 2.24) is 4.90 Å². The van der Waals surface area contributed by atoms with Crippen molar-refractivity contribution in [2.45, 2.75) is 18.8 Å². The van der Waals surface area contributed by atoms with Gasteiger partial charge in [0.15, 0.2) is 0 Å². The Bertz CT molecular complexity index is 684. The molecule has 2 aromatic rings. The highest BCUT2D eigenvalue weighted by Gasteiger charge is 2.28. The van der Waals surface area contributed by atoms with Crippen LogP contribution < -0.4 is 10.1 Å². The van der Waals surface area contributed by atoms with Gasteiger partial charge in [-0.1, -0.05) is 12.1 Å². The Morgan fingerprint density at radius 2 is 2.32 bits per heavy atom. The molecule has 1 N–H and O–H groups in total. The van der Waals surface area contributed by atoms with Crippen LogP contribution in [0.3, 0.4) is 0 Å². The third kappa shape index (κ3) is 2.57. The summed E-state index contributed by atoms with van der Waals surface area (Å²) in [5.74, 6) is 1.45. The van der Waals surface area contributed by atoms with Gasteiger partial charge < -0.3 is 9.64 Å². The second kappa shape index (κ2) is 5.65. The highest BCUT2D eigenvalue weighted by molar-refractivity contribution is 7.14. The molecule has 1 fully saturated rings. The number of nitrogens with one attached hydrogen (secondary N) is 1. The molecular weight excluding hydrogens is 296 g/mol. The molecule has 3 heterocycles. The summed E-state index contributed by atoms with van der Waals surface area (Å²) in [5, 5.41) is 5.84. The molecule has 0 bridgehead atoms. The molecule has 2 aliphatic rings. The second-order valence-electron chi connectivity index (χ2n) is 5.80. The van der Waals surface area contributed by atoms with E-state index in [1.807, 2.05) is 22.4 Å². The van der Waals surface area contributed by atoms with Crippen molar-refractivity contribution in [3.8, 4) is 5.75 Å². The highest BCUT2D eigenvalue weighted by atomic mass is 32.1. The molecule has 5 heteroatoms. The minimum absolute atomic E-state index is 0.00874. The van der Waals surface area contributed by atoms with Crippen LogP contribution in [0.2, 0.25) is 0 Å². The van der Waals surface area contributed by atoms with Crippen LogP contribution in [-0.4, -0.2) is 30.6 Å². The van der Waals surface area contributed by atoms with Crippen LogP contribution in [0.5, 0.6) is 5.75 Å². The molecule has 1 atom stereocenters. The molecule has 0 saturated carbocycles. The lowest BCUT2D eigenvalue weighted by Gasteiger charge is -2.17. The molecule has 0 aliphatic carbocycles. The van der Waals surface area contributed by atoms with E-state index in [-0.39, 0.29) is 6.03 Å².